The lowest BCUT2D eigenvalue weighted by Gasteiger charge is -2.04. The van der Waals surface area contributed by atoms with Crippen LogP contribution in [0.2, 0.25) is 0 Å². The Kier molecular flexibility index (Phi) is 3.95. The molecule has 0 heterocycles. The summed E-state index contributed by atoms with van der Waals surface area (Å²) < 4.78 is 6.15. The minimum absolute atomic E-state index is 0.889. The van der Waals surface area contributed by atoms with Crippen LogP contribution in [0, 0.1) is 0 Å². The maximum atomic E-state index is 5.12. The highest BCUT2D eigenvalue weighted by molar-refractivity contribution is 9.10. The number of rotatable bonds is 3. The molecule has 1 rings (SSSR count). The van der Waals surface area contributed by atoms with Crippen molar-refractivity contribution in [3.63, 3.8) is 0 Å². The Morgan fingerprint density at radius 3 is 2.75 bits per heavy atom. The van der Waals surface area contributed by atoms with Gasteiger partial charge in [-0.1, -0.05) is 6.07 Å². The van der Waals surface area contributed by atoms with E-state index in [1.165, 1.54) is 5.56 Å². The van der Waals surface area contributed by atoms with Crippen molar-refractivity contribution in [1.29, 1.82) is 0 Å². The Bertz CT molecular complexity index is 263. The molecule has 0 aliphatic heterocycles. The molecule has 1 aromatic carbocycles. The van der Waals surface area contributed by atoms with Gasteiger partial charge in [0.1, 0.15) is 5.75 Å². The summed E-state index contributed by atoms with van der Waals surface area (Å²) in [6, 6.07) is 6.16. The second-order valence-electron chi connectivity index (χ2n) is 2.40. The van der Waals surface area contributed by atoms with Gasteiger partial charge < -0.3 is 4.74 Å². The molecule has 66 valence electrons. The zero-order chi connectivity index (χ0) is 8.97. The zero-order valence-corrected chi connectivity index (χ0v) is 9.54. The van der Waals surface area contributed by atoms with E-state index in [0.717, 1.165) is 16.0 Å². The second kappa shape index (κ2) is 4.77. The van der Waals surface area contributed by atoms with Crippen LogP contribution in [0.4, 0.5) is 0 Å². The predicted octanol–water partition coefficient (Wildman–Crippen LogP) is 3.32. The highest BCUT2D eigenvalue weighted by Gasteiger charge is 1.99. The van der Waals surface area contributed by atoms with Gasteiger partial charge in [0.15, 0.2) is 0 Å². The highest BCUT2D eigenvalue weighted by atomic mass is 79.9. The van der Waals surface area contributed by atoms with Gasteiger partial charge in [0.25, 0.3) is 0 Å². The number of benzene rings is 1. The van der Waals surface area contributed by atoms with Crippen molar-refractivity contribution in [2.45, 2.75) is 5.75 Å². The minimum Gasteiger partial charge on any atom is -0.496 e. The van der Waals surface area contributed by atoms with Crippen LogP contribution in [0.15, 0.2) is 22.7 Å². The van der Waals surface area contributed by atoms with Crippen LogP contribution in [0.5, 0.6) is 5.75 Å². The molecule has 0 aromatic heterocycles. The van der Waals surface area contributed by atoms with E-state index in [1.54, 1.807) is 7.11 Å². The van der Waals surface area contributed by atoms with E-state index in [-0.39, 0.29) is 0 Å². The Hall–Kier alpha value is -0.150. The quantitative estimate of drug-likeness (QED) is 0.810. The third-order valence-corrected chi connectivity index (χ3v) is 2.77. The molecular weight excluding hydrogens is 236 g/mol. The Balaban J connectivity index is 2.86. The van der Waals surface area contributed by atoms with Gasteiger partial charge in [-0.15, -0.1) is 0 Å². The van der Waals surface area contributed by atoms with Crippen molar-refractivity contribution >= 4 is 27.7 Å². The van der Waals surface area contributed by atoms with Crippen molar-refractivity contribution in [2.75, 3.05) is 13.4 Å². The molecule has 0 bridgehead atoms. The topological polar surface area (TPSA) is 9.23 Å². The molecule has 0 N–H and O–H groups in total. The van der Waals surface area contributed by atoms with Gasteiger partial charge in [-0.2, -0.15) is 11.8 Å². The smallest absolute Gasteiger partial charge is 0.133 e. The van der Waals surface area contributed by atoms with Crippen LogP contribution in [0.1, 0.15) is 5.56 Å². The van der Waals surface area contributed by atoms with Crippen LogP contribution in [0.25, 0.3) is 0 Å². The largest absolute Gasteiger partial charge is 0.496 e. The average Bonchev–Trinajstić information content (AvgIpc) is 2.05. The minimum atomic E-state index is 0.889. The van der Waals surface area contributed by atoms with Crippen molar-refractivity contribution < 1.29 is 4.74 Å². The average molecular weight is 247 g/mol. The third kappa shape index (κ3) is 2.42. The Morgan fingerprint density at radius 1 is 1.50 bits per heavy atom. The summed E-state index contributed by atoms with van der Waals surface area (Å²) in [5.74, 6) is 1.93. The van der Waals surface area contributed by atoms with Gasteiger partial charge in [-0.3, -0.25) is 0 Å². The van der Waals surface area contributed by atoms with E-state index in [1.807, 2.05) is 17.8 Å². The van der Waals surface area contributed by atoms with E-state index in [9.17, 15) is 0 Å². The van der Waals surface area contributed by atoms with E-state index < -0.39 is 0 Å². The molecule has 0 amide bonds. The van der Waals surface area contributed by atoms with Crippen LogP contribution >= 0.6 is 27.7 Å². The number of methoxy groups -OCH3 is 1. The number of hydrogen-bond donors (Lipinski definition) is 0. The maximum Gasteiger partial charge on any atom is 0.133 e. The molecule has 0 fully saturated rings. The highest BCUT2D eigenvalue weighted by Crippen LogP contribution is 2.26. The van der Waals surface area contributed by atoms with E-state index in [2.05, 4.69) is 34.3 Å². The molecular formula is C9H11BrOS. The van der Waals surface area contributed by atoms with Gasteiger partial charge >= 0.3 is 0 Å². The number of hydrogen-bond acceptors (Lipinski definition) is 2. The van der Waals surface area contributed by atoms with E-state index >= 15 is 0 Å². The lowest BCUT2D eigenvalue weighted by atomic mass is 10.2. The molecule has 0 spiro atoms. The normalized spacial score (nSPS) is 9.92. The van der Waals surface area contributed by atoms with Gasteiger partial charge in [-0.05, 0) is 39.9 Å². The first-order valence-corrected chi connectivity index (χ1v) is 5.78. The van der Waals surface area contributed by atoms with Crippen LogP contribution in [0.3, 0.4) is 0 Å². The first kappa shape index (κ1) is 9.93. The fourth-order valence-electron chi connectivity index (χ4n) is 0.966. The summed E-state index contributed by atoms with van der Waals surface area (Å²) >= 11 is 5.26. The summed E-state index contributed by atoms with van der Waals surface area (Å²) in [5.41, 5.74) is 1.31. The third-order valence-electron chi connectivity index (χ3n) is 1.53. The lowest BCUT2D eigenvalue weighted by molar-refractivity contribution is 0.412. The van der Waals surface area contributed by atoms with Crippen molar-refractivity contribution in [3.8, 4) is 5.75 Å². The Morgan fingerprint density at radius 2 is 2.25 bits per heavy atom. The molecule has 0 aliphatic carbocycles. The molecule has 3 heteroatoms. The fraction of sp³-hybridized carbons (Fsp3) is 0.333. The maximum absolute atomic E-state index is 5.12. The second-order valence-corrected chi connectivity index (χ2v) is 4.12. The standard InChI is InChI=1S/C9H11BrOS/c1-11-9-4-3-7(6-12-2)5-8(9)10/h3-5H,6H2,1-2H3. The molecule has 12 heavy (non-hydrogen) atoms. The molecule has 0 aliphatic rings. The first-order valence-electron chi connectivity index (χ1n) is 3.59. The molecule has 1 aromatic rings. The molecule has 0 radical (unpaired) electrons. The summed E-state index contributed by atoms with van der Waals surface area (Å²) in [6.07, 6.45) is 2.10. The molecule has 0 saturated carbocycles. The SMILES string of the molecule is COc1ccc(CSC)cc1Br. The summed E-state index contributed by atoms with van der Waals surface area (Å²) in [4.78, 5) is 0. The molecule has 0 unspecified atom stereocenters. The molecule has 0 saturated heterocycles. The van der Waals surface area contributed by atoms with Crippen LogP contribution in [-0.4, -0.2) is 13.4 Å². The summed E-state index contributed by atoms with van der Waals surface area (Å²) in [5, 5.41) is 0. The summed E-state index contributed by atoms with van der Waals surface area (Å²) in [6.45, 7) is 0. The van der Waals surface area contributed by atoms with E-state index in [0.29, 0.717) is 0 Å². The molecule has 1 nitrogen and oxygen atoms in total. The van der Waals surface area contributed by atoms with Gasteiger partial charge in [0, 0.05) is 5.75 Å². The van der Waals surface area contributed by atoms with Crippen molar-refractivity contribution in [2.24, 2.45) is 0 Å². The first-order chi connectivity index (χ1) is 5.77. The van der Waals surface area contributed by atoms with Crippen molar-refractivity contribution in [1.82, 2.24) is 0 Å². The number of halogens is 1. The van der Waals surface area contributed by atoms with Crippen LogP contribution in [-0.2, 0) is 5.75 Å². The number of thioether (sulfide) groups is 1. The fourth-order valence-corrected chi connectivity index (χ4v) is 2.07. The zero-order valence-electron chi connectivity index (χ0n) is 7.13. The van der Waals surface area contributed by atoms with Gasteiger partial charge in [0.05, 0.1) is 11.6 Å². The van der Waals surface area contributed by atoms with Gasteiger partial charge in [0.2, 0.25) is 0 Å². The number of ether oxygens (including phenoxy) is 1. The van der Waals surface area contributed by atoms with E-state index in [4.69, 9.17) is 4.74 Å². The predicted molar refractivity (Wildman–Crippen MR) is 57.9 cm³/mol. The van der Waals surface area contributed by atoms with Crippen LogP contribution < -0.4 is 4.74 Å². The lowest BCUT2D eigenvalue weighted by Crippen LogP contribution is -1.86. The summed E-state index contributed by atoms with van der Waals surface area (Å²) in [7, 11) is 1.67. The molecule has 0 atom stereocenters. The monoisotopic (exact) mass is 246 g/mol. The Labute approximate surface area is 85.6 Å². The van der Waals surface area contributed by atoms with Crippen molar-refractivity contribution in [3.05, 3.63) is 28.2 Å². The van der Waals surface area contributed by atoms with Gasteiger partial charge in [-0.25, -0.2) is 0 Å².